The maximum absolute atomic E-state index is 10.8. The lowest BCUT2D eigenvalue weighted by atomic mass is 10.1. The summed E-state index contributed by atoms with van der Waals surface area (Å²) in [5.74, 6) is -0.728. The molecule has 0 aromatic rings. The van der Waals surface area contributed by atoms with Crippen LogP contribution in [0.4, 0.5) is 0 Å². The summed E-state index contributed by atoms with van der Waals surface area (Å²) >= 11 is 0. The normalized spacial score (nSPS) is 42.7. The van der Waals surface area contributed by atoms with Crippen LogP contribution in [0.25, 0.3) is 0 Å². The van der Waals surface area contributed by atoms with Crippen molar-refractivity contribution in [3.05, 3.63) is 0 Å². The molecule has 0 amide bonds. The first-order valence-electron chi connectivity index (χ1n) is 3.83. The second-order valence-corrected chi connectivity index (χ2v) is 2.92. The number of carbonyl (C=O) groups excluding carboxylic acids is 2. The summed E-state index contributed by atoms with van der Waals surface area (Å²) in [6.45, 7) is 0.424. The van der Waals surface area contributed by atoms with E-state index in [1.807, 2.05) is 0 Å². The lowest BCUT2D eigenvalue weighted by Crippen LogP contribution is -2.32. The maximum atomic E-state index is 10.8. The molecular formula is C7H8O6. The Labute approximate surface area is 73.4 Å². The minimum atomic E-state index is -1.26. The van der Waals surface area contributed by atoms with Gasteiger partial charge in [-0.1, -0.05) is 0 Å². The van der Waals surface area contributed by atoms with Crippen LogP contribution in [0.1, 0.15) is 0 Å². The highest BCUT2D eigenvalue weighted by molar-refractivity contribution is 5.78. The molecule has 0 radical (unpaired) electrons. The molecule has 13 heavy (non-hydrogen) atoms. The molecule has 72 valence electrons. The Morgan fingerprint density at radius 3 is 3.00 bits per heavy atom. The van der Waals surface area contributed by atoms with E-state index in [0.717, 1.165) is 0 Å². The maximum Gasteiger partial charge on any atom is 0.338 e. The van der Waals surface area contributed by atoms with Crippen molar-refractivity contribution in [1.82, 2.24) is 0 Å². The van der Waals surface area contributed by atoms with Gasteiger partial charge in [-0.25, -0.2) is 4.79 Å². The molecule has 4 unspecified atom stereocenters. The summed E-state index contributed by atoms with van der Waals surface area (Å²) in [4.78, 5) is 20.9. The number of aliphatic hydroxyl groups excluding tert-OH is 1. The zero-order chi connectivity index (χ0) is 9.42. The van der Waals surface area contributed by atoms with Gasteiger partial charge in [0.2, 0.25) is 0 Å². The number of aliphatic hydroxyl groups is 1. The Balaban J connectivity index is 2.08. The van der Waals surface area contributed by atoms with Crippen LogP contribution in [-0.4, -0.2) is 48.6 Å². The molecule has 2 aliphatic heterocycles. The van der Waals surface area contributed by atoms with Crippen LogP contribution in [0.15, 0.2) is 0 Å². The number of rotatable bonds is 2. The van der Waals surface area contributed by atoms with Crippen LogP contribution in [0.3, 0.4) is 0 Å². The van der Waals surface area contributed by atoms with Gasteiger partial charge in [0.25, 0.3) is 6.47 Å². The third-order valence-electron chi connectivity index (χ3n) is 2.18. The Morgan fingerprint density at radius 1 is 1.54 bits per heavy atom. The number of ether oxygens (including phenoxy) is 3. The van der Waals surface area contributed by atoms with Gasteiger partial charge < -0.3 is 19.3 Å². The second-order valence-electron chi connectivity index (χ2n) is 2.92. The van der Waals surface area contributed by atoms with E-state index in [4.69, 9.17) is 9.47 Å². The Hall–Kier alpha value is -1.14. The number of hydrogen-bond donors (Lipinski definition) is 1. The summed E-state index contributed by atoms with van der Waals surface area (Å²) in [5.41, 5.74) is 0. The molecular weight excluding hydrogens is 180 g/mol. The predicted octanol–water partition coefficient (Wildman–Crippen LogP) is -1.79. The van der Waals surface area contributed by atoms with Crippen LogP contribution in [-0.2, 0) is 23.8 Å². The average Bonchev–Trinajstić information content (AvgIpc) is 2.59. The fraction of sp³-hybridized carbons (Fsp3) is 0.714. The molecule has 0 saturated carbocycles. The standard InChI is InChI=1S/C7H8O6/c8-2-12-3-1-11-6-4(9)7(10)13-5(3)6/h2-6,9H,1H2. The molecule has 6 heteroatoms. The predicted molar refractivity (Wildman–Crippen MR) is 36.6 cm³/mol. The molecule has 0 aliphatic carbocycles. The van der Waals surface area contributed by atoms with Crippen molar-refractivity contribution in [1.29, 1.82) is 0 Å². The molecule has 0 bridgehead atoms. The largest absolute Gasteiger partial charge is 0.458 e. The molecule has 2 aliphatic rings. The summed E-state index contributed by atoms with van der Waals surface area (Å²) in [7, 11) is 0. The summed E-state index contributed by atoms with van der Waals surface area (Å²) < 4.78 is 14.4. The minimum absolute atomic E-state index is 0.151. The highest BCUT2D eigenvalue weighted by atomic mass is 16.7. The van der Waals surface area contributed by atoms with Crippen LogP contribution >= 0.6 is 0 Å². The number of carbonyl (C=O) groups is 2. The van der Waals surface area contributed by atoms with Crippen LogP contribution in [0.5, 0.6) is 0 Å². The summed E-state index contributed by atoms with van der Waals surface area (Å²) in [5, 5.41) is 9.21. The molecule has 2 rings (SSSR count). The topological polar surface area (TPSA) is 82.1 Å². The Morgan fingerprint density at radius 2 is 2.31 bits per heavy atom. The minimum Gasteiger partial charge on any atom is -0.458 e. The van der Waals surface area contributed by atoms with Gasteiger partial charge in [0.1, 0.15) is 6.10 Å². The molecule has 0 aromatic carbocycles. The highest BCUT2D eigenvalue weighted by Crippen LogP contribution is 2.29. The lowest BCUT2D eigenvalue weighted by Gasteiger charge is -2.12. The highest BCUT2D eigenvalue weighted by Gasteiger charge is 2.53. The monoisotopic (exact) mass is 188 g/mol. The second kappa shape index (κ2) is 2.97. The van der Waals surface area contributed by atoms with Crippen LogP contribution < -0.4 is 0 Å². The van der Waals surface area contributed by atoms with Gasteiger partial charge >= 0.3 is 5.97 Å². The lowest BCUT2D eigenvalue weighted by molar-refractivity contribution is -0.155. The molecule has 0 aromatic heterocycles. The van der Waals surface area contributed by atoms with E-state index in [2.05, 4.69) is 4.74 Å². The molecule has 4 atom stereocenters. The van der Waals surface area contributed by atoms with E-state index < -0.39 is 30.4 Å². The van der Waals surface area contributed by atoms with E-state index in [1.165, 1.54) is 0 Å². The fourth-order valence-electron chi connectivity index (χ4n) is 1.55. The summed E-state index contributed by atoms with van der Waals surface area (Å²) in [6, 6.07) is 0. The van der Waals surface area contributed by atoms with Gasteiger partial charge in [0, 0.05) is 0 Å². The Bertz CT molecular complexity index is 239. The van der Waals surface area contributed by atoms with E-state index in [-0.39, 0.29) is 13.1 Å². The Kier molecular flexibility index (Phi) is 1.93. The zero-order valence-electron chi connectivity index (χ0n) is 6.58. The van der Waals surface area contributed by atoms with Crippen molar-refractivity contribution in [3.8, 4) is 0 Å². The molecule has 6 nitrogen and oxygen atoms in total. The van der Waals surface area contributed by atoms with Gasteiger partial charge in [0.15, 0.2) is 18.3 Å². The van der Waals surface area contributed by atoms with Crippen molar-refractivity contribution >= 4 is 12.4 Å². The van der Waals surface area contributed by atoms with Crippen molar-refractivity contribution in [3.63, 3.8) is 0 Å². The van der Waals surface area contributed by atoms with Gasteiger partial charge in [-0.3, -0.25) is 4.79 Å². The van der Waals surface area contributed by atoms with Crippen molar-refractivity contribution in [2.45, 2.75) is 24.4 Å². The smallest absolute Gasteiger partial charge is 0.338 e. The van der Waals surface area contributed by atoms with Gasteiger partial charge in [0.05, 0.1) is 6.61 Å². The fourth-order valence-corrected chi connectivity index (χ4v) is 1.55. The van der Waals surface area contributed by atoms with Crippen molar-refractivity contribution < 1.29 is 28.9 Å². The quantitative estimate of drug-likeness (QED) is 0.407. The van der Waals surface area contributed by atoms with Gasteiger partial charge in [-0.2, -0.15) is 0 Å². The summed E-state index contributed by atoms with van der Waals surface area (Å²) in [6.07, 6.45) is -3.21. The third kappa shape index (κ3) is 1.18. The van der Waals surface area contributed by atoms with Crippen LogP contribution in [0.2, 0.25) is 0 Å². The van der Waals surface area contributed by atoms with Crippen LogP contribution in [0, 0.1) is 0 Å². The molecule has 2 fully saturated rings. The molecule has 1 N–H and O–H groups in total. The SMILES string of the molecule is O=COC1COC2C(O)C(=O)OC12. The molecule has 0 spiro atoms. The number of hydrogen-bond acceptors (Lipinski definition) is 6. The molecule has 2 heterocycles. The molecule has 2 saturated heterocycles. The average molecular weight is 188 g/mol. The zero-order valence-corrected chi connectivity index (χ0v) is 6.58. The first-order chi connectivity index (χ1) is 6.24. The van der Waals surface area contributed by atoms with Crippen molar-refractivity contribution in [2.75, 3.05) is 6.61 Å². The van der Waals surface area contributed by atoms with E-state index in [1.54, 1.807) is 0 Å². The number of esters is 1. The first kappa shape index (κ1) is 8.46. The van der Waals surface area contributed by atoms with Gasteiger partial charge in [-0.15, -0.1) is 0 Å². The van der Waals surface area contributed by atoms with Crippen molar-refractivity contribution in [2.24, 2.45) is 0 Å². The third-order valence-corrected chi connectivity index (χ3v) is 2.18. The van der Waals surface area contributed by atoms with Gasteiger partial charge in [-0.05, 0) is 0 Å². The number of fused-ring (bicyclic) bond motifs is 1. The first-order valence-corrected chi connectivity index (χ1v) is 3.83. The van der Waals surface area contributed by atoms with E-state index in [0.29, 0.717) is 0 Å². The van der Waals surface area contributed by atoms with E-state index in [9.17, 15) is 14.7 Å². The van der Waals surface area contributed by atoms with E-state index >= 15 is 0 Å².